The van der Waals surface area contributed by atoms with Crippen molar-refractivity contribution in [2.24, 2.45) is 0 Å². The zero-order valence-corrected chi connectivity index (χ0v) is 8.21. The minimum absolute atomic E-state index is 0.0966. The maximum absolute atomic E-state index is 11.5. The number of hydrogen-bond donors (Lipinski definition) is 2. The normalized spacial score (nSPS) is 16.1. The molecule has 0 bridgehead atoms. The van der Waals surface area contributed by atoms with Crippen molar-refractivity contribution >= 4 is 17.5 Å². The third-order valence-corrected chi connectivity index (χ3v) is 2.33. The van der Waals surface area contributed by atoms with Gasteiger partial charge in [-0.05, 0) is 12.1 Å². The summed E-state index contributed by atoms with van der Waals surface area (Å²) >= 11 is 5.61. The molecule has 2 rings (SSSR count). The Hall–Kier alpha value is -1.13. The fourth-order valence-corrected chi connectivity index (χ4v) is 1.28. The van der Waals surface area contributed by atoms with Crippen molar-refractivity contribution in [3.8, 4) is 0 Å². The van der Waals surface area contributed by atoms with Crippen molar-refractivity contribution in [2.75, 3.05) is 13.1 Å². The molecule has 74 valence electrons. The van der Waals surface area contributed by atoms with Gasteiger partial charge in [0.05, 0.1) is 11.6 Å². The average molecular weight is 212 g/mol. The Bertz CT molecular complexity index is 334. The van der Waals surface area contributed by atoms with Gasteiger partial charge in [0.2, 0.25) is 0 Å². The summed E-state index contributed by atoms with van der Waals surface area (Å²) in [7, 11) is 0. The number of hydrogen-bond acceptors (Lipinski definition) is 3. The van der Waals surface area contributed by atoms with Crippen LogP contribution < -0.4 is 10.6 Å². The van der Waals surface area contributed by atoms with Crippen LogP contribution in [-0.4, -0.2) is 30.0 Å². The fraction of sp³-hybridized carbons (Fsp3) is 0.333. The summed E-state index contributed by atoms with van der Waals surface area (Å²) in [4.78, 5) is 15.4. The van der Waals surface area contributed by atoms with Gasteiger partial charge in [-0.25, -0.2) is 4.98 Å². The van der Waals surface area contributed by atoms with E-state index in [9.17, 15) is 4.79 Å². The van der Waals surface area contributed by atoms with Crippen LogP contribution in [0.5, 0.6) is 0 Å². The first-order chi connectivity index (χ1) is 6.75. The Morgan fingerprint density at radius 2 is 2.36 bits per heavy atom. The van der Waals surface area contributed by atoms with Crippen LogP contribution in [0.25, 0.3) is 0 Å². The Morgan fingerprint density at radius 1 is 1.57 bits per heavy atom. The van der Waals surface area contributed by atoms with E-state index in [0.717, 1.165) is 13.1 Å². The highest BCUT2D eigenvalue weighted by atomic mass is 35.5. The number of pyridine rings is 1. The third kappa shape index (κ3) is 2.02. The van der Waals surface area contributed by atoms with Crippen molar-refractivity contribution in [2.45, 2.75) is 6.04 Å². The Morgan fingerprint density at radius 3 is 2.86 bits per heavy atom. The number of nitrogens with zero attached hydrogens (tertiary/aromatic N) is 1. The van der Waals surface area contributed by atoms with Crippen LogP contribution in [0, 0.1) is 0 Å². The molecular formula is C9H10ClN3O. The van der Waals surface area contributed by atoms with E-state index in [1.807, 2.05) is 0 Å². The van der Waals surface area contributed by atoms with Gasteiger partial charge in [0, 0.05) is 19.3 Å². The Kier molecular flexibility index (Phi) is 2.65. The van der Waals surface area contributed by atoms with Crippen molar-refractivity contribution in [3.05, 3.63) is 29.0 Å². The first kappa shape index (κ1) is 9.43. The number of amides is 1. The molecule has 5 heteroatoms. The molecule has 1 aliphatic rings. The van der Waals surface area contributed by atoms with E-state index in [2.05, 4.69) is 15.6 Å². The molecule has 0 saturated carbocycles. The second kappa shape index (κ2) is 3.94. The fourth-order valence-electron chi connectivity index (χ4n) is 1.17. The van der Waals surface area contributed by atoms with Crippen molar-refractivity contribution in [3.63, 3.8) is 0 Å². The van der Waals surface area contributed by atoms with Gasteiger partial charge in [-0.15, -0.1) is 0 Å². The highest BCUT2D eigenvalue weighted by Crippen LogP contribution is 2.05. The first-order valence-electron chi connectivity index (χ1n) is 4.39. The van der Waals surface area contributed by atoms with Crippen LogP contribution in [0.2, 0.25) is 5.15 Å². The summed E-state index contributed by atoms with van der Waals surface area (Å²) in [5, 5.41) is 6.34. The number of nitrogens with one attached hydrogen (secondary N) is 2. The summed E-state index contributed by atoms with van der Waals surface area (Å²) in [6.45, 7) is 1.68. The van der Waals surface area contributed by atoms with Crippen LogP contribution in [0.15, 0.2) is 18.3 Å². The molecule has 0 aliphatic carbocycles. The Labute approximate surface area is 86.7 Å². The topological polar surface area (TPSA) is 54.0 Å². The molecule has 4 nitrogen and oxygen atoms in total. The molecule has 1 aromatic rings. The first-order valence-corrected chi connectivity index (χ1v) is 4.76. The van der Waals surface area contributed by atoms with Crippen molar-refractivity contribution in [1.29, 1.82) is 0 Å². The molecule has 1 amide bonds. The number of carbonyl (C=O) groups excluding carboxylic acids is 1. The van der Waals surface area contributed by atoms with Gasteiger partial charge in [-0.3, -0.25) is 4.79 Å². The highest BCUT2D eigenvalue weighted by Gasteiger charge is 2.19. The molecule has 0 spiro atoms. The van der Waals surface area contributed by atoms with Crippen LogP contribution >= 0.6 is 11.6 Å². The Balaban J connectivity index is 1.99. The second-order valence-corrected chi connectivity index (χ2v) is 3.59. The van der Waals surface area contributed by atoms with Gasteiger partial charge in [0.15, 0.2) is 0 Å². The highest BCUT2D eigenvalue weighted by molar-refractivity contribution is 6.29. The molecule has 1 fully saturated rings. The van der Waals surface area contributed by atoms with Crippen LogP contribution in [0.1, 0.15) is 10.4 Å². The molecule has 0 atom stereocenters. The maximum atomic E-state index is 11.5. The van der Waals surface area contributed by atoms with E-state index in [4.69, 9.17) is 11.6 Å². The van der Waals surface area contributed by atoms with E-state index in [0.29, 0.717) is 10.7 Å². The average Bonchev–Trinajstić information content (AvgIpc) is 2.12. The lowest BCUT2D eigenvalue weighted by Crippen LogP contribution is -2.56. The maximum Gasteiger partial charge on any atom is 0.253 e. The van der Waals surface area contributed by atoms with Crippen molar-refractivity contribution < 1.29 is 4.79 Å². The van der Waals surface area contributed by atoms with E-state index >= 15 is 0 Å². The standard InChI is InChI=1S/C9H10ClN3O/c10-8-2-1-6(3-12-8)9(14)13-7-4-11-5-7/h1-3,7,11H,4-5H2,(H,13,14). The van der Waals surface area contributed by atoms with Crippen LogP contribution in [0.4, 0.5) is 0 Å². The zero-order chi connectivity index (χ0) is 9.97. The molecule has 14 heavy (non-hydrogen) atoms. The number of aromatic nitrogens is 1. The quantitative estimate of drug-likeness (QED) is 0.698. The minimum atomic E-state index is -0.0966. The predicted molar refractivity (Wildman–Crippen MR) is 53.4 cm³/mol. The summed E-state index contributed by atoms with van der Waals surface area (Å²) in [5.41, 5.74) is 0.543. The van der Waals surface area contributed by atoms with E-state index in [1.54, 1.807) is 12.1 Å². The summed E-state index contributed by atoms with van der Waals surface area (Å²) in [5.74, 6) is -0.0966. The van der Waals surface area contributed by atoms with Gasteiger partial charge in [0.25, 0.3) is 5.91 Å². The third-order valence-electron chi connectivity index (χ3n) is 2.11. The van der Waals surface area contributed by atoms with Gasteiger partial charge in [0.1, 0.15) is 5.15 Å². The van der Waals surface area contributed by atoms with Gasteiger partial charge in [-0.1, -0.05) is 11.6 Å². The molecule has 0 aromatic carbocycles. The molecule has 1 saturated heterocycles. The number of rotatable bonds is 2. The largest absolute Gasteiger partial charge is 0.347 e. The van der Waals surface area contributed by atoms with E-state index < -0.39 is 0 Å². The monoisotopic (exact) mass is 211 g/mol. The predicted octanol–water partition coefficient (Wildman–Crippen LogP) is 0.437. The number of carbonyl (C=O) groups is 1. The second-order valence-electron chi connectivity index (χ2n) is 3.20. The summed E-state index contributed by atoms with van der Waals surface area (Å²) < 4.78 is 0. The molecular weight excluding hydrogens is 202 g/mol. The molecule has 0 radical (unpaired) electrons. The molecule has 0 unspecified atom stereocenters. The lowest BCUT2D eigenvalue weighted by Gasteiger charge is -2.27. The number of halogens is 1. The lowest BCUT2D eigenvalue weighted by molar-refractivity contribution is 0.0923. The summed E-state index contributed by atoms with van der Waals surface area (Å²) in [6.07, 6.45) is 1.48. The van der Waals surface area contributed by atoms with Gasteiger partial charge >= 0.3 is 0 Å². The van der Waals surface area contributed by atoms with E-state index in [-0.39, 0.29) is 11.9 Å². The van der Waals surface area contributed by atoms with Gasteiger partial charge in [-0.2, -0.15) is 0 Å². The molecule has 1 aromatic heterocycles. The van der Waals surface area contributed by atoms with Crippen molar-refractivity contribution in [1.82, 2.24) is 15.6 Å². The van der Waals surface area contributed by atoms with Crippen LogP contribution in [-0.2, 0) is 0 Å². The zero-order valence-electron chi connectivity index (χ0n) is 7.46. The smallest absolute Gasteiger partial charge is 0.253 e. The molecule has 2 heterocycles. The SMILES string of the molecule is O=C(NC1CNC1)c1ccc(Cl)nc1. The van der Waals surface area contributed by atoms with Gasteiger partial charge < -0.3 is 10.6 Å². The minimum Gasteiger partial charge on any atom is -0.347 e. The lowest BCUT2D eigenvalue weighted by atomic mass is 10.1. The van der Waals surface area contributed by atoms with E-state index in [1.165, 1.54) is 6.20 Å². The molecule has 1 aliphatic heterocycles. The summed E-state index contributed by atoms with van der Waals surface area (Å²) in [6, 6.07) is 3.52. The molecule has 2 N–H and O–H groups in total. The van der Waals surface area contributed by atoms with Crippen LogP contribution in [0.3, 0.4) is 0 Å².